The fraction of sp³-hybridized carbons (Fsp3) is 0.789. The molecule has 1 aliphatic rings. The minimum atomic E-state index is -0.498. The molecule has 0 aliphatic carbocycles. The number of carbonyl (C=O) groups is 4. The van der Waals surface area contributed by atoms with Gasteiger partial charge >= 0.3 is 18.0 Å². The summed E-state index contributed by atoms with van der Waals surface area (Å²) in [4.78, 5) is 51.3. The van der Waals surface area contributed by atoms with Crippen LogP contribution < -0.4 is 5.32 Å². The van der Waals surface area contributed by atoms with Crippen LogP contribution in [-0.4, -0.2) is 79.6 Å². The largest absolute Gasteiger partial charge is 0.466 e. The van der Waals surface area contributed by atoms with Crippen LogP contribution in [0.5, 0.6) is 0 Å². The average Bonchev–Trinajstić information content (AvgIpc) is 2.69. The van der Waals surface area contributed by atoms with Gasteiger partial charge in [0.05, 0.1) is 19.1 Å². The van der Waals surface area contributed by atoms with Crippen molar-refractivity contribution in [1.29, 1.82) is 0 Å². The summed E-state index contributed by atoms with van der Waals surface area (Å²) in [5.74, 6) is -1.13. The number of likely N-dealkylation sites (tertiary alicyclic amines) is 1. The molecular formula is C19H33N3O6. The topological polar surface area (TPSA) is 105 Å². The lowest BCUT2D eigenvalue weighted by molar-refractivity contribution is -0.151. The molecule has 0 radical (unpaired) electrons. The van der Waals surface area contributed by atoms with E-state index in [4.69, 9.17) is 9.47 Å². The molecule has 1 heterocycles. The van der Waals surface area contributed by atoms with E-state index in [1.165, 1.54) is 4.90 Å². The molecule has 9 heteroatoms. The van der Waals surface area contributed by atoms with Crippen molar-refractivity contribution in [2.45, 2.75) is 46.5 Å². The number of carbonyl (C=O) groups excluding carboxylic acids is 4. The van der Waals surface area contributed by atoms with E-state index in [0.29, 0.717) is 26.2 Å². The van der Waals surface area contributed by atoms with E-state index in [1.807, 2.05) is 6.92 Å². The van der Waals surface area contributed by atoms with Crippen molar-refractivity contribution < 1.29 is 28.7 Å². The molecule has 1 fully saturated rings. The van der Waals surface area contributed by atoms with Crippen molar-refractivity contribution in [3.63, 3.8) is 0 Å². The van der Waals surface area contributed by atoms with Gasteiger partial charge in [0, 0.05) is 32.6 Å². The molecule has 0 aromatic heterocycles. The van der Waals surface area contributed by atoms with E-state index in [0.717, 1.165) is 19.3 Å². The lowest BCUT2D eigenvalue weighted by atomic mass is 9.98. The van der Waals surface area contributed by atoms with Gasteiger partial charge in [0.25, 0.3) is 0 Å². The van der Waals surface area contributed by atoms with Crippen molar-refractivity contribution >= 4 is 23.9 Å². The second-order valence-corrected chi connectivity index (χ2v) is 6.63. The molecule has 28 heavy (non-hydrogen) atoms. The number of piperidine rings is 1. The minimum Gasteiger partial charge on any atom is -0.466 e. The molecule has 1 N–H and O–H groups in total. The summed E-state index contributed by atoms with van der Waals surface area (Å²) < 4.78 is 9.84. The first-order valence-electron chi connectivity index (χ1n) is 10.1. The summed E-state index contributed by atoms with van der Waals surface area (Å²) in [6.07, 6.45) is 2.38. The van der Waals surface area contributed by atoms with E-state index >= 15 is 0 Å². The molecule has 0 bridgehead atoms. The van der Waals surface area contributed by atoms with Crippen molar-refractivity contribution in [3.8, 4) is 0 Å². The number of nitrogens with one attached hydrogen (secondary N) is 1. The van der Waals surface area contributed by atoms with E-state index in [9.17, 15) is 19.2 Å². The number of ether oxygens (including phenoxy) is 2. The normalized spacial score (nSPS) is 16.2. The number of nitrogens with zero attached hydrogens (tertiary/aromatic N) is 2. The predicted octanol–water partition coefficient (Wildman–Crippen LogP) is 1.16. The van der Waals surface area contributed by atoms with Crippen LogP contribution in [0.3, 0.4) is 0 Å². The first kappa shape index (κ1) is 23.7. The number of esters is 2. The van der Waals surface area contributed by atoms with Crippen LogP contribution in [-0.2, 0) is 23.9 Å². The highest BCUT2D eigenvalue weighted by Crippen LogP contribution is 2.18. The van der Waals surface area contributed by atoms with E-state index in [1.54, 1.807) is 18.7 Å². The van der Waals surface area contributed by atoms with Crippen molar-refractivity contribution in [1.82, 2.24) is 15.1 Å². The Morgan fingerprint density at radius 3 is 2.43 bits per heavy atom. The summed E-state index contributed by atoms with van der Waals surface area (Å²) in [6, 6.07) is -0.397. The Labute approximate surface area is 166 Å². The van der Waals surface area contributed by atoms with Gasteiger partial charge in [0.2, 0.25) is 5.91 Å². The smallest absolute Gasteiger partial charge is 0.325 e. The maximum Gasteiger partial charge on any atom is 0.325 e. The fourth-order valence-electron chi connectivity index (χ4n) is 3.10. The molecule has 1 rings (SSSR count). The first-order chi connectivity index (χ1) is 13.4. The highest BCUT2D eigenvalue weighted by atomic mass is 16.5. The Morgan fingerprint density at radius 1 is 1.07 bits per heavy atom. The quantitative estimate of drug-likeness (QED) is 0.553. The molecule has 0 aromatic carbocycles. The minimum absolute atomic E-state index is 0.0895. The zero-order valence-electron chi connectivity index (χ0n) is 17.2. The van der Waals surface area contributed by atoms with Gasteiger partial charge in [-0.25, -0.2) is 4.79 Å². The fourth-order valence-corrected chi connectivity index (χ4v) is 3.10. The van der Waals surface area contributed by atoms with E-state index in [-0.39, 0.29) is 43.9 Å². The molecule has 0 aromatic rings. The van der Waals surface area contributed by atoms with Crippen LogP contribution in [0.1, 0.15) is 46.5 Å². The monoisotopic (exact) mass is 399 g/mol. The number of urea groups is 1. The highest BCUT2D eigenvalue weighted by molar-refractivity contribution is 5.82. The first-order valence-corrected chi connectivity index (χ1v) is 10.1. The summed E-state index contributed by atoms with van der Waals surface area (Å²) in [5, 5.41) is 2.52. The van der Waals surface area contributed by atoms with Crippen molar-refractivity contribution in [3.05, 3.63) is 0 Å². The van der Waals surface area contributed by atoms with E-state index < -0.39 is 12.0 Å². The Balaban J connectivity index is 2.50. The van der Waals surface area contributed by atoms with Gasteiger partial charge in [-0.2, -0.15) is 0 Å². The summed E-state index contributed by atoms with van der Waals surface area (Å²) in [6.45, 7) is 7.48. The third kappa shape index (κ3) is 8.14. The Kier molecular flexibility index (Phi) is 11.0. The van der Waals surface area contributed by atoms with Gasteiger partial charge < -0.3 is 24.6 Å². The van der Waals surface area contributed by atoms with Gasteiger partial charge in [0.15, 0.2) is 0 Å². The van der Waals surface area contributed by atoms with Crippen LogP contribution in [0.4, 0.5) is 4.79 Å². The summed E-state index contributed by atoms with van der Waals surface area (Å²) in [5.41, 5.74) is 0. The number of hydrogen-bond donors (Lipinski definition) is 1. The van der Waals surface area contributed by atoms with Crippen LogP contribution in [0, 0.1) is 5.92 Å². The average molecular weight is 399 g/mol. The maximum atomic E-state index is 12.5. The third-order valence-corrected chi connectivity index (χ3v) is 4.46. The molecule has 0 saturated carbocycles. The molecule has 1 atom stereocenters. The second kappa shape index (κ2) is 13.0. The van der Waals surface area contributed by atoms with Gasteiger partial charge in [-0.15, -0.1) is 0 Å². The molecular weight excluding hydrogens is 366 g/mol. The SMILES string of the molecule is CCCN(CCC(=O)N1CCCC(C(=O)OCC)C1)C(=O)NCC(=O)OCC. The third-order valence-electron chi connectivity index (χ3n) is 4.46. The summed E-state index contributed by atoms with van der Waals surface area (Å²) in [7, 11) is 0. The lowest BCUT2D eigenvalue weighted by Crippen LogP contribution is -2.46. The van der Waals surface area contributed by atoms with Crippen LogP contribution in [0.25, 0.3) is 0 Å². The molecule has 1 aliphatic heterocycles. The van der Waals surface area contributed by atoms with Crippen LogP contribution >= 0.6 is 0 Å². The molecule has 160 valence electrons. The van der Waals surface area contributed by atoms with Gasteiger partial charge in [-0.1, -0.05) is 6.92 Å². The molecule has 3 amide bonds. The van der Waals surface area contributed by atoms with Crippen LogP contribution in [0.2, 0.25) is 0 Å². The maximum absolute atomic E-state index is 12.5. The lowest BCUT2D eigenvalue weighted by Gasteiger charge is -2.32. The van der Waals surface area contributed by atoms with Crippen LogP contribution in [0.15, 0.2) is 0 Å². The number of hydrogen-bond acceptors (Lipinski definition) is 6. The zero-order valence-corrected chi connectivity index (χ0v) is 17.2. The Bertz CT molecular complexity index is 540. The van der Waals surface area contributed by atoms with Crippen molar-refractivity contribution in [2.24, 2.45) is 5.92 Å². The van der Waals surface area contributed by atoms with Gasteiger partial charge in [-0.3, -0.25) is 14.4 Å². The van der Waals surface area contributed by atoms with Gasteiger partial charge in [-0.05, 0) is 33.1 Å². The standard InChI is InChI=1S/C19H33N3O6/c1-4-10-21(19(26)20-13-17(24)27-5-2)12-9-16(23)22-11-7-8-15(14-22)18(25)28-6-3/h15H,4-14H2,1-3H3,(H,20,26). The zero-order chi connectivity index (χ0) is 20.9. The second-order valence-electron chi connectivity index (χ2n) is 6.63. The number of amides is 3. The predicted molar refractivity (Wildman–Crippen MR) is 102 cm³/mol. The number of rotatable bonds is 10. The Hall–Kier alpha value is -2.32. The molecule has 1 unspecified atom stereocenters. The van der Waals surface area contributed by atoms with Crippen molar-refractivity contribution in [2.75, 3.05) is 45.9 Å². The van der Waals surface area contributed by atoms with E-state index in [2.05, 4.69) is 5.32 Å². The molecule has 9 nitrogen and oxygen atoms in total. The molecule has 1 saturated heterocycles. The molecule has 0 spiro atoms. The Morgan fingerprint density at radius 2 is 1.79 bits per heavy atom. The highest BCUT2D eigenvalue weighted by Gasteiger charge is 2.29. The summed E-state index contributed by atoms with van der Waals surface area (Å²) >= 11 is 0. The van der Waals surface area contributed by atoms with Gasteiger partial charge in [0.1, 0.15) is 6.54 Å².